The van der Waals surface area contributed by atoms with Crippen LogP contribution < -0.4 is 10.1 Å². The monoisotopic (exact) mass is 400 g/mol. The lowest BCUT2D eigenvalue weighted by Crippen LogP contribution is -2.38. The minimum absolute atomic E-state index is 0.263. The van der Waals surface area contributed by atoms with Crippen molar-refractivity contribution in [2.24, 2.45) is 23.7 Å². The molecule has 3 fully saturated rings. The number of para-hydroxylation sites is 2. The number of ether oxygens (including phenoxy) is 2. The van der Waals surface area contributed by atoms with Gasteiger partial charge in [0.2, 0.25) is 11.8 Å². The second kappa shape index (κ2) is 7.85. The quantitative estimate of drug-likeness (QED) is 0.551. The SMILES string of the molecule is CCOc1ccccc1NC(=O)COC(=O)CN1C(=O)[C@@H]2[C@@H]3CC[C@@H](C3)[C@@H]2C1=O. The van der Waals surface area contributed by atoms with E-state index in [9.17, 15) is 19.2 Å². The molecule has 3 aliphatic rings. The first-order valence-corrected chi connectivity index (χ1v) is 10.0. The van der Waals surface area contributed by atoms with Crippen LogP contribution in [-0.2, 0) is 23.9 Å². The summed E-state index contributed by atoms with van der Waals surface area (Å²) in [5.74, 6) is -1.33. The number of rotatable bonds is 7. The van der Waals surface area contributed by atoms with Crippen molar-refractivity contribution in [1.29, 1.82) is 0 Å². The van der Waals surface area contributed by atoms with Crippen molar-refractivity contribution in [3.8, 4) is 5.75 Å². The smallest absolute Gasteiger partial charge is 0.326 e. The van der Waals surface area contributed by atoms with Gasteiger partial charge in [-0.25, -0.2) is 0 Å². The number of hydrogen-bond acceptors (Lipinski definition) is 6. The molecule has 8 heteroatoms. The lowest BCUT2D eigenvalue weighted by atomic mass is 9.81. The first-order valence-electron chi connectivity index (χ1n) is 10.0. The normalized spacial score (nSPS) is 27.1. The number of likely N-dealkylation sites (tertiary alicyclic amines) is 1. The third kappa shape index (κ3) is 3.59. The number of esters is 1. The second-order valence-electron chi connectivity index (χ2n) is 7.79. The van der Waals surface area contributed by atoms with Gasteiger partial charge in [0, 0.05) is 0 Å². The number of nitrogens with one attached hydrogen (secondary N) is 1. The summed E-state index contributed by atoms with van der Waals surface area (Å²) in [4.78, 5) is 50.5. The molecule has 1 heterocycles. The highest BCUT2D eigenvalue weighted by molar-refractivity contribution is 6.08. The van der Waals surface area contributed by atoms with Gasteiger partial charge in [0.15, 0.2) is 6.61 Å². The molecule has 2 saturated carbocycles. The fourth-order valence-electron chi connectivity index (χ4n) is 4.98. The van der Waals surface area contributed by atoms with Crippen LogP contribution in [0.15, 0.2) is 24.3 Å². The third-order valence-electron chi connectivity index (χ3n) is 6.13. The van der Waals surface area contributed by atoms with E-state index < -0.39 is 25.0 Å². The van der Waals surface area contributed by atoms with Crippen LogP contribution >= 0.6 is 0 Å². The van der Waals surface area contributed by atoms with Crippen LogP contribution in [0.4, 0.5) is 5.69 Å². The number of imide groups is 1. The topological polar surface area (TPSA) is 102 Å². The van der Waals surface area contributed by atoms with E-state index in [4.69, 9.17) is 9.47 Å². The maximum Gasteiger partial charge on any atom is 0.326 e. The Hall–Kier alpha value is -2.90. The van der Waals surface area contributed by atoms with Gasteiger partial charge < -0.3 is 14.8 Å². The first kappa shape index (κ1) is 19.4. The van der Waals surface area contributed by atoms with Crippen molar-refractivity contribution in [2.75, 3.05) is 25.1 Å². The van der Waals surface area contributed by atoms with Gasteiger partial charge in [0.1, 0.15) is 12.3 Å². The molecule has 1 aromatic rings. The van der Waals surface area contributed by atoms with Crippen molar-refractivity contribution in [3.63, 3.8) is 0 Å². The predicted octanol–water partition coefficient (Wildman–Crippen LogP) is 1.60. The molecule has 29 heavy (non-hydrogen) atoms. The third-order valence-corrected chi connectivity index (χ3v) is 6.13. The van der Waals surface area contributed by atoms with Crippen LogP contribution in [-0.4, -0.2) is 48.3 Å². The molecule has 0 unspecified atom stereocenters. The van der Waals surface area contributed by atoms with E-state index in [1.165, 1.54) is 0 Å². The van der Waals surface area contributed by atoms with Crippen LogP contribution in [0.5, 0.6) is 5.75 Å². The van der Waals surface area contributed by atoms with Crippen LogP contribution in [0, 0.1) is 23.7 Å². The van der Waals surface area contributed by atoms with Crippen LogP contribution in [0.1, 0.15) is 26.2 Å². The number of hydrogen-bond donors (Lipinski definition) is 1. The highest BCUT2D eigenvalue weighted by Gasteiger charge is 2.61. The lowest BCUT2D eigenvalue weighted by Gasteiger charge is -2.19. The first-order chi connectivity index (χ1) is 14.0. The van der Waals surface area contributed by atoms with Gasteiger partial charge >= 0.3 is 5.97 Å². The summed E-state index contributed by atoms with van der Waals surface area (Å²) in [6.45, 7) is 1.34. The van der Waals surface area contributed by atoms with E-state index in [0.29, 0.717) is 18.0 Å². The molecule has 0 radical (unpaired) electrons. The molecule has 0 spiro atoms. The molecule has 154 valence electrons. The second-order valence-corrected chi connectivity index (χ2v) is 7.79. The van der Waals surface area contributed by atoms with Crippen LogP contribution in [0.3, 0.4) is 0 Å². The Morgan fingerprint density at radius 1 is 1.10 bits per heavy atom. The molecule has 4 rings (SSSR count). The van der Waals surface area contributed by atoms with Crippen molar-refractivity contribution in [1.82, 2.24) is 4.90 Å². The Balaban J connectivity index is 1.29. The van der Waals surface area contributed by atoms with E-state index in [1.807, 2.05) is 6.92 Å². The number of anilines is 1. The molecule has 1 aliphatic heterocycles. The molecular formula is C21H24N2O6. The van der Waals surface area contributed by atoms with Gasteiger partial charge in [-0.05, 0) is 50.2 Å². The summed E-state index contributed by atoms with van der Waals surface area (Å²) >= 11 is 0. The Morgan fingerprint density at radius 2 is 1.76 bits per heavy atom. The summed E-state index contributed by atoms with van der Waals surface area (Å²) in [6, 6.07) is 6.93. The number of carbonyl (C=O) groups excluding carboxylic acids is 4. The maximum atomic E-state index is 12.6. The van der Waals surface area contributed by atoms with E-state index >= 15 is 0 Å². The van der Waals surface area contributed by atoms with E-state index in [-0.39, 0.29) is 35.5 Å². The standard InChI is InChI=1S/C21H24N2O6/c1-2-28-15-6-4-3-5-14(15)22-16(24)11-29-17(25)10-23-20(26)18-12-7-8-13(9-12)19(18)21(23)27/h3-6,12-13,18-19H,2,7-11H2,1H3,(H,22,24)/t12-,13+,18-,19+. The molecule has 2 bridgehead atoms. The zero-order valence-corrected chi connectivity index (χ0v) is 16.3. The number of fused-ring (bicyclic) bond motifs is 5. The largest absolute Gasteiger partial charge is 0.492 e. The minimum Gasteiger partial charge on any atom is -0.492 e. The molecule has 8 nitrogen and oxygen atoms in total. The number of carbonyl (C=O) groups is 4. The fraction of sp³-hybridized carbons (Fsp3) is 0.524. The van der Waals surface area contributed by atoms with Crippen LogP contribution in [0.25, 0.3) is 0 Å². The summed E-state index contributed by atoms with van der Waals surface area (Å²) in [6.07, 6.45) is 2.90. The summed E-state index contributed by atoms with van der Waals surface area (Å²) in [5, 5.41) is 2.63. The minimum atomic E-state index is -0.771. The number of benzene rings is 1. The Kier molecular flexibility index (Phi) is 5.25. The molecule has 1 aromatic carbocycles. The Labute approximate surface area is 168 Å². The summed E-state index contributed by atoms with van der Waals surface area (Å²) < 4.78 is 10.4. The van der Waals surface area contributed by atoms with Crippen molar-refractivity contribution < 1.29 is 28.7 Å². The number of nitrogens with zero attached hydrogens (tertiary/aromatic N) is 1. The molecule has 0 aromatic heterocycles. The Morgan fingerprint density at radius 3 is 2.41 bits per heavy atom. The summed E-state index contributed by atoms with van der Waals surface area (Å²) in [7, 11) is 0. The Bertz CT molecular complexity index is 825. The highest BCUT2D eigenvalue weighted by atomic mass is 16.5. The highest BCUT2D eigenvalue weighted by Crippen LogP contribution is 2.56. The number of amides is 3. The molecule has 3 amide bonds. The molecule has 4 atom stereocenters. The fourth-order valence-corrected chi connectivity index (χ4v) is 4.98. The average molecular weight is 400 g/mol. The van der Waals surface area contributed by atoms with Gasteiger partial charge in [-0.3, -0.25) is 24.1 Å². The van der Waals surface area contributed by atoms with Gasteiger partial charge in [-0.15, -0.1) is 0 Å². The van der Waals surface area contributed by atoms with Crippen LogP contribution in [0.2, 0.25) is 0 Å². The average Bonchev–Trinajstić information content (AvgIpc) is 3.38. The lowest BCUT2D eigenvalue weighted by molar-refractivity contribution is -0.154. The molecule has 2 aliphatic carbocycles. The zero-order valence-electron chi connectivity index (χ0n) is 16.3. The molecule has 1 N–H and O–H groups in total. The van der Waals surface area contributed by atoms with E-state index in [0.717, 1.165) is 24.2 Å². The molecular weight excluding hydrogens is 376 g/mol. The van der Waals surface area contributed by atoms with Gasteiger partial charge in [0.25, 0.3) is 5.91 Å². The zero-order chi connectivity index (χ0) is 20.5. The van der Waals surface area contributed by atoms with Gasteiger partial charge in [-0.1, -0.05) is 12.1 Å². The van der Waals surface area contributed by atoms with Crippen molar-refractivity contribution in [2.45, 2.75) is 26.2 Å². The van der Waals surface area contributed by atoms with Crippen molar-refractivity contribution in [3.05, 3.63) is 24.3 Å². The maximum absolute atomic E-state index is 12.6. The van der Waals surface area contributed by atoms with Crippen molar-refractivity contribution >= 4 is 29.4 Å². The predicted molar refractivity (Wildman–Crippen MR) is 102 cm³/mol. The van der Waals surface area contributed by atoms with Gasteiger partial charge in [-0.2, -0.15) is 0 Å². The van der Waals surface area contributed by atoms with Gasteiger partial charge in [0.05, 0.1) is 24.1 Å². The summed E-state index contributed by atoms with van der Waals surface area (Å²) in [5.41, 5.74) is 0.476. The molecule has 1 saturated heterocycles. The van der Waals surface area contributed by atoms with E-state index in [2.05, 4.69) is 5.32 Å². The van der Waals surface area contributed by atoms with E-state index in [1.54, 1.807) is 24.3 Å².